The summed E-state index contributed by atoms with van der Waals surface area (Å²) >= 11 is 0. The van der Waals surface area contributed by atoms with Gasteiger partial charge in [0, 0.05) is 11.9 Å². The van der Waals surface area contributed by atoms with Crippen LogP contribution in [0.3, 0.4) is 0 Å². The molecule has 0 aliphatic heterocycles. The molecule has 0 bridgehead atoms. The molecule has 1 heterocycles. The Morgan fingerprint density at radius 3 is 2.50 bits per heavy atom. The third kappa shape index (κ3) is 2.79. The highest BCUT2D eigenvalue weighted by Gasteiger charge is 2.19. The Kier molecular flexibility index (Phi) is 4.39. The number of para-hydroxylation sites is 1. The van der Waals surface area contributed by atoms with Gasteiger partial charge in [-0.3, -0.25) is 4.79 Å². The largest absolute Gasteiger partial charge is 0.493 e. The molecule has 0 aliphatic carbocycles. The van der Waals surface area contributed by atoms with E-state index >= 15 is 0 Å². The van der Waals surface area contributed by atoms with E-state index in [2.05, 4.69) is 10.2 Å². The monoisotopic (exact) mass is 323 g/mol. The van der Waals surface area contributed by atoms with Crippen LogP contribution in [-0.2, 0) is 11.3 Å². The van der Waals surface area contributed by atoms with Crippen molar-refractivity contribution in [2.75, 3.05) is 0 Å². The zero-order valence-corrected chi connectivity index (χ0v) is 13.1. The predicted molar refractivity (Wildman–Crippen MR) is 90.2 cm³/mol. The van der Waals surface area contributed by atoms with Crippen molar-refractivity contribution in [2.24, 2.45) is 10.2 Å². The van der Waals surface area contributed by atoms with E-state index in [4.69, 9.17) is 0 Å². The van der Waals surface area contributed by atoms with Crippen LogP contribution in [0.1, 0.15) is 18.6 Å². The molecule has 122 valence electrons. The first-order valence-electron chi connectivity index (χ1n) is 7.62. The van der Waals surface area contributed by atoms with Crippen molar-refractivity contribution in [1.29, 1.82) is 0 Å². The summed E-state index contributed by atoms with van der Waals surface area (Å²) in [6, 6.07) is 15.9. The molecule has 3 aromatic rings. The highest BCUT2D eigenvalue weighted by atomic mass is 16.3. The van der Waals surface area contributed by atoms with Crippen LogP contribution in [0, 0.1) is 0 Å². The van der Waals surface area contributed by atoms with Crippen LogP contribution in [0.2, 0.25) is 0 Å². The van der Waals surface area contributed by atoms with Crippen molar-refractivity contribution in [3.05, 3.63) is 60.2 Å². The van der Waals surface area contributed by atoms with Gasteiger partial charge in [0.1, 0.15) is 0 Å². The zero-order chi connectivity index (χ0) is 17.1. The number of hydrogen-bond donors (Lipinski definition) is 2. The molecular weight excluding hydrogens is 306 g/mol. The highest BCUT2D eigenvalue weighted by molar-refractivity contribution is 5.95. The number of benzene rings is 2. The first-order valence-corrected chi connectivity index (χ1v) is 7.62. The van der Waals surface area contributed by atoms with E-state index in [0.717, 1.165) is 5.52 Å². The predicted octanol–water partition coefficient (Wildman–Crippen LogP) is 3.71. The molecule has 0 unspecified atom stereocenters. The molecule has 0 aliphatic rings. The van der Waals surface area contributed by atoms with Crippen LogP contribution in [0.5, 0.6) is 5.88 Å². The molecule has 1 atom stereocenters. The number of aromatic nitrogens is 1. The average Bonchev–Trinajstić information content (AvgIpc) is 2.90. The van der Waals surface area contributed by atoms with Gasteiger partial charge in [0.25, 0.3) is 5.91 Å². The number of amides is 1. The molecule has 2 N–H and O–H groups in total. The number of nitrogens with zero attached hydrogens (tertiary/aromatic N) is 3. The summed E-state index contributed by atoms with van der Waals surface area (Å²) in [4.78, 5) is 12.0. The van der Waals surface area contributed by atoms with E-state index in [0.29, 0.717) is 17.5 Å². The number of rotatable bonds is 4. The second-order valence-corrected chi connectivity index (χ2v) is 5.29. The average molecular weight is 323 g/mol. The fourth-order valence-electron chi connectivity index (χ4n) is 2.62. The van der Waals surface area contributed by atoms with Crippen molar-refractivity contribution in [1.82, 2.24) is 4.57 Å². The number of aryl methyl sites for hydroxylation is 1. The van der Waals surface area contributed by atoms with Crippen LogP contribution in [0.15, 0.2) is 64.8 Å². The molecule has 6 nitrogen and oxygen atoms in total. The van der Waals surface area contributed by atoms with Crippen molar-refractivity contribution >= 4 is 22.5 Å². The van der Waals surface area contributed by atoms with Crippen LogP contribution >= 0.6 is 0 Å². The van der Waals surface area contributed by atoms with Crippen molar-refractivity contribution < 1.29 is 15.0 Å². The molecule has 24 heavy (non-hydrogen) atoms. The maximum absolute atomic E-state index is 12.0. The number of fused-ring (bicyclic) bond motifs is 1. The number of aliphatic hydroxyl groups is 1. The lowest BCUT2D eigenvalue weighted by molar-refractivity contribution is -0.126. The third-order valence-corrected chi connectivity index (χ3v) is 3.83. The number of aromatic hydroxyl groups is 1. The number of hydrogen-bond acceptors (Lipinski definition) is 4. The summed E-state index contributed by atoms with van der Waals surface area (Å²) in [6.45, 7) is 2.46. The van der Waals surface area contributed by atoms with Crippen molar-refractivity contribution in [3.63, 3.8) is 0 Å². The fraction of sp³-hybridized carbons (Fsp3) is 0.167. The Morgan fingerprint density at radius 1 is 1.12 bits per heavy atom. The summed E-state index contributed by atoms with van der Waals surface area (Å²) in [7, 11) is 0. The Morgan fingerprint density at radius 2 is 1.79 bits per heavy atom. The number of azo groups is 1. The normalized spacial score (nSPS) is 12.8. The van der Waals surface area contributed by atoms with Crippen molar-refractivity contribution in [2.45, 2.75) is 19.6 Å². The van der Waals surface area contributed by atoms with E-state index in [-0.39, 0.29) is 11.6 Å². The van der Waals surface area contributed by atoms with Gasteiger partial charge in [0.15, 0.2) is 11.8 Å². The molecule has 2 aromatic carbocycles. The Hall–Kier alpha value is -2.99. The molecule has 0 fully saturated rings. The lowest BCUT2D eigenvalue weighted by Crippen LogP contribution is -2.08. The summed E-state index contributed by atoms with van der Waals surface area (Å²) in [5.74, 6) is -0.835. The zero-order valence-electron chi connectivity index (χ0n) is 13.1. The van der Waals surface area contributed by atoms with Crippen LogP contribution in [-0.4, -0.2) is 20.7 Å². The summed E-state index contributed by atoms with van der Waals surface area (Å²) < 4.78 is 1.68. The van der Waals surface area contributed by atoms with Crippen LogP contribution in [0.4, 0.5) is 5.69 Å². The summed E-state index contributed by atoms with van der Waals surface area (Å²) in [6.07, 6.45) is -1.38. The number of carbonyl (C=O) groups excluding carboxylic acids is 1. The van der Waals surface area contributed by atoms with Gasteiger partial charge in [-0.1, -0.05) is 48.5 Å². The van der Waals surface area contributed by atoms with E-state index in [9.17, 15) is 15.0 Å². The molecule has 0 radical (unpaired) electrons. The topological polar surface area (TPSA) is 87.2 Å². The standard InChI is InChI=1S/C18H17N3O3/c1-2-21-14-11-7-6-10-13(14)15(18(21)24)19-20-17(23)16(22)12-8-4-3-5-9-12/h3-11,16,22,24H,2H2,1H3/t16-/m0/s1. The summed E-state index contributed by atoms with van der Waals surface area (Å²) in [5, 5.41) is 28.5. The van der Waals surface area contributed by atoms with Gasteiger partial charge in [0.05, 0.1) is 5.52 Å². The van der Waals surface area contributed by atoms with E-state index in [1.807, 2.05) is 25.1 Å². The maximum atomic E-state index is 12.0. The van der Waals surface area contributed by atoms with E-state index in [1.165, 1.54) is 0 Å². The van der Waals surface area contributed by atoms with Gasteiger partial charge in [-0.15, -0.1) is 10.2 Å². The Balaban J connectivity index is 1.94. The molecule has 6 heteroatoms. The minimum Gasteiger partial charge on any atom is -0.493 e. The first-order chi connectivity index (χ1) is 11.6. The lowest BCUT2D eigenvalue weighted by Gasteiger charge is -2.05. The lowest BCUT2D eigenvalue weighted by atomic mass is 10.1. The molecule has 3 rings (SSSR count). The number of carbonyl (C=O) groups is 1. The van der Waals surface area contributed by atoms with Crippen molar-refractivity contribution in [3.8, 4) is 5.88 Å². The Bertz CT molecular complexity index is 901. The molecule has 0 saturated carbocycles. The quantitative estimate of drug-likeness (QED) is 0.717. The van der Waals surface area contributed by atoms with Gasteiger partial charge in [-0.2, -0.15) is 0 Å². The molecular formula is C18H17N3O3. The minimum atomic E-state index is -1.38. The van der Waals surface area contributed by atoms with Crippen LogP contribution < -0.4 is 0 Å². The van der Waals surface area contributed by atoms with E-state index in [1.54, 1.807) is 41.0 Å². The minimum absolute atomic E-state index is 0.0514. The summed E-state index contributed by atoms with van der Waals surface area (Å²) in [5.41, 5.74) is 1.48. The molecule has 1 amide bonds. The third-order valence-electron chi connectivity index (χ3n) is 3.83. The second-order valence-electron chi connectivity index (χ2n) is 5.29. The Labute approximate surface area is 138 Å². The SMILES string of the molecule is CCn1c(O)c(N=NC(=O)[C@@H](O)c2ccccc2)c2ccccc21. The molecule has 0 saturated heterocycles. The fourth-order valence-corrected chi connectivity index (χ4v) is 2.62. The van der Waals surface area contributed by atoms with Crippen LogP contribution in [0.25, 0.3) is 10.9 Å². The molecule has 1 aromatic heterocycles. The van der Waals surface area contributed by atoms with Gasteiger partial charge in [-0.25, -0.2) is 0 Å². The second kappa shape index (κ2) is 6.64. The smallest absolute Gasteiger partial charge is 0.297 e. The highest BCUT2D eigenvalue weighted by Crippen LogP contribution is 2.38. The van der Waals surface area contributed by atoms with Gasteiger partial charge < -0.3 is 14.8 Å². The maximum Gasteiger partial charge on any atom is 0.297 e. The van der Waals surface area contributed by atoms with Gasteiger partial charge >= 0.3 is 0 Å². The first kappa shape index (κ1) is 15.9. The van der Waals surface area contributed by atoms with Gasteiger partial charge in [-0.05, 0) is 18.6 Å². The molecule has 0 spiro atoms. The van der Waals surface area contributed by atoms with E-state index < -0.39 is 12.0 Å². The number of aliphatic hydroxyl groups excluding tert-OH is 1. The van der Waals surface area contributed by atoms with Gasteiger partial charge in [0.2, 0.25) is 5.88 Å².